The van der Waals surface area contributed by atoms with Crippen LogP contribution in [0, 0.1) is 16.7 Å². The van der Waals surface area contributed by atoms with E-state index in [9.17, 15) is 4.79 Å². The van der Waals surface area contributed by atoms with Crippen molar-refractivity contribution in [1.29, 1.82) is 5.26 Å². The normalized spacial score (nSPS) is 16.7. The van der Waals surface area contributed by atoms with Gasteiger partial charge in [0.25, 0.3) is 0 Å². The molecule has 0 aliphatic heterocycles. The SMILES string of the molecule is N#Cc1ccccc1CC1(C(=O)O)CC1. The molecule has 15 heavy (non-hydrogen) atoms. The van der Waals surface area contributed by atoms with Gasteiger partial charge in [-0.25, -0.2) is 0 Å². The molecule has 0 aromatic heterocycles. The maximum absolute atomic E-state index is 11.0. The summed E-state index contributed by atoms with van der Waals surface area (Å²) in [7, 11) is 0. The summed E-state index contributed by atoms with van der Waals surface area (Å²) in [6.07, 6.45) is 1.93. The molecule has 76 valence electrons. The van der Waals surface area contributed by atoms with Gasteiger partial charge in [-0.05, 0) is 30.9 Å². The van der Waals surface area contributed by atoms with Crippen molar-refractivity contribution in [3.8, 4) is 6.07 Å². The van der Waals surface area contributed by atoms with Crippen LogP contribution in [0.1, 0.15) is 24.0 Å². The molecular formula is C12H11NO2. The molecule has 2 rings (SSSR count). The van der Waals surface area contributed by atoms with E-state index in [1.165, 1.54) is 0 Å². The fourth-order valence-corrected chi connectivity index (χ4v) is 1.77. The number of hydrogen-bond donors (Lipinski definition) is 1. The minimum absolute atomic E-state index is 0.478. The molecule has 1 N–H and O–H groups in total. The van der Waals surface area contributed by atoms with E-state index >= 15 is 0 Å². The molecule has 1 aromatic rings. The maximum atomic E-state index is 11.0. The predicted molar refractivity (Wildman–Crippen MR) is 54.2 cm³/mol. The highest BCUT2D eigenvalue weighted by Gasteiger charge is 2.50. The van der Waals surface area contributed by atoms with Crippen molar-refractivity contribution in [1.82, 2.24) is 0 Å². The summed E-state index contributed by atoms with van der Waals surface area (Å²) in [5.74, 6) is -0.741. The Balaban J connectivity index is 2.26. The topological polar surface area (TPSA) is 61.1 Å². The lowest BCUT2D eigenvalue weighted by Gasteiger charge is -2.10. The van der Waals surface area contributed by atoms with Gasteiger partial charge in [-0.2, -0.15) is 5.26 Å². The van der Waals surface area contributed by atoms with E-state index in [0.29, 0.717) is 12.0 Å². The minimum atomic E-state index is -0.741. The highest BCUT2D eigenvalue weighted by Crippen LogP contribution is 2.48. The van der Waals surface area contributed by atoms with E-state index in [4.69, 9.17) is 10.4 Å². The molecule has 0 amide bonds. The molecule has 0 saturated heterocycles. The Kier molecular flexibility index (Phi) is 2.20. The number of carbonyl (C=O) groups is 1. The molecule has 0 bridgehead atoms. The van der Waals surface area contributed by atoms with E-state index in [2.05, 4.69) is 6.07 Å². The van der Waals surface area contributed by atoms with Crippen LogP contribution in [-0.4, -0.2) is 11.1 Å². The van der Waals surface area contributed by atoms with Gasteiger partial charge in [0.1, 0.15) is 0 Å². The Morgan fingerprint density at radius 1 is 1.47 bits per heavy atom. The lowest BCUT2D eigenvalue weighted by Crippen LogP contribution is -2.18. The number of nitriles is 1. The lowest BCUT2D eigenvalue weighted by atomic mass is 9.94. The van der Waals surface area contributed by atoms with Gasteiger partial charge in [0.2, 0.25) is 0 Å². The standard InChI is InChI=1S/C12H11NO2/c13-8-10-4-2-1-3-9(10)7-12(5-6-12)11(14)15/h1-4H,5-7H2,(H,14,15). The molecule has 3 heteroatoms. The Labute approximate surface area is 88.0 Å². The monoisotopic (exact) mass is 201 g/mol. The number of benzene rings is 1. The highest BCUT2D eigenvalue weighted by atomic mass is 16.4. The van der Waals surface area contributed by atoms with Crippen LogP contribution in [-0.2, 0) is 11.2 Å². The molecule has 3 nitrogen and oxygen atoms in total. The largest absolute Gasteiger partial charge is 0.481 e. The van der Waals surface area contributed by atoms with E-state index in [1.54, 1.807) is 12.1 Å². The van der Waals surface area contributed by atoms with Crippen LogP contribution in [0.15, 0.2) is 24.3 Å². The predicted octanol–water partition coefficient (Wildman–Crippen LogP) is 1.97. The maximum Gasteiger partial charge on any atom is 0.309 e. The number of aliphatic carboxylic acids is 1. The summed E-state index contributed by atoms with van der Waals surface area (Å²) >= 11 is 0. The summed E-state index contributed by atoms with van der Waals surface area (Å²) in [6, 6.07) is 9.29. The number of nitrogens with zero attached hydrogens (tertiary/aromatic N) is 1. The Hall–Kier alpha value is -1.82. The van der Waals surface area contributed by atoms with Crippen LogP contribution in [0.5, 0.6) is 0 Å². The van der Waals surface area contributed by atoms with Crippen molar-refractivity contribution >= 4 is 5.97 Å². The van der Waals surface area contributed by atoms with Crippen molar-refractivity contribution in [2.75, 3.05) is 0 Å². The fourth-order valence-electron chi connectivity index (χ4n) is 1.77. The van der Waals surface area contributed by atoms with Gasteiger partial charge in [0, 0.05) is 0 Å². The molecule has 0 unspecified atom stereocenters. The first kappa shape index (κ1) is 9.72. The number of carboxylic acid groups (broad SMARTS) is 1. The van der Waals surface area contributed by atoms with Gasteiger partial charge in [-0.1, -0.05) is 18.2 Å². The smallest absolute Gasteiger partial charge is 0.309 e. The van der Waals surface area contributed by atoms with Gasteiger partial charge in [-0.15, -0.1) is 0 Å². The summed E-state index contributed by atoms with van der Waals surface area (Å²) < 4.78 is 0. The van der Waals surface area contributed by atoms with Gasteiger partial charge >= 0.3 is 5.97 Å². The van der Waals surface area contributed by atoms with E-state index in [-0.39, 0.29) is 0 Å². The number of hydrogen-bond acceptors (Lipinski definition) is 2. The molecular weight excluding hydrogens is 190 g/mol. The Bertz CT molecular complexity index is 441. The molecule has 1 saturated carbocycles. The zero-order chi connectivity index (χ0) is 10.9. The Morgan fingerprint density at radius 3 is 2.67 bits per heavy atom. The van der Waals surface area contributed by atoms with Crippen molar-refractivity contribution < 1.29 is 9.90 Å². The van der Waals surface area contributed by atoms with E-state index < -0.39 is 11.4 Å². The molecule has 0 atom stereocenters. The Morgan fingerprint density at radius 2 is 2.13 bits per heavy atom. The number of carboxylic acids is 1. The summed E-state index contributed by atoms with van der Waals surface area (Å²) in [4.78, 5) is 11.0. The first-order valence-corrected chi connectivity index (χ1v) is 4.89. The van der Waals surface area contributed by atoms with Gasteiger partial charge in [0.05, 0.1) is 17.0 Å². The molecule has 0 spiro atoms. The average Bonchev–Trinajstić information content (AvgIpc) is 3.00. The van der Waals surface area contributed by atoms with Crippen LogP contribution >= 0.6 is 0 Å². The second kappa shape index (κ2) is 3.39. The van der Waals surface area contributed by atoms with Crippen molar-refractivity contribution in [3.05, 3.63) is 35.4 Å². The molecule has 1 fully saturated rings. The van der Waals surface area contributed by atoms with Crippen LogP contribution in [0.2, 0.25) is 0 Å². The highest BCUT2D eigenvalue weighted by molar-refractivity contribution is 5.78. The quantitative estimate of drug-likeness (QED) is 0.813. The summed E-state index contributed by atoms with van der Waals surface area (Å²) in [5, 5.41) is 17.9. The third-order valence-electron chi connectivity index (χ3n) is 2.97. The molecule has 0 heterocycles. The van der Waals surface area contributed by atoms with Crippen LogP contribution in [0.3, 0.4) is 0 Å². The molecule has 0 radical (unpaired) electrons. The zero-order valence-electron chi connectivity index (χ0n) is 8.23. The zero-order valence-corrected chi connectivity index (χ0v) is 8.23. The van der Waals surface area contributed by atoms with Crippen molar-refractivity contribution in [2.24, 2.45) is 5.41 Å². The van der Waals surface area contributed by atoms with Gasteiger partial charge in [0.15, 0.2) is 0 Å². The third-order valence-corrected chi connectivity index (χ3v) is 2.97. The van der Waals surface area contributed by atoms with Crippen LogP contribution in [0.4, 0.5) is 0 Å². The van der Waals surface area contributed by atoms with Crippen LogP contribution < -0.4 is 0 Å². The van der Waals surface area contributed by atoms with Crippen molar-refractivity contribution in [3.63, 3.8) is 0 Å². The van der Waals surface area contributed by atoms with E-state index in [0.717, 1.165) is 18.4 Å². The van der Waals surface area contributed by atoms with Crippen molar-refractivity contribution in [2.45, 2.75) is 19.3 Å². The number of rotatable bonds is 3. The summed E-state index contributed by atoms with van der Waals surface area (Å²) in [5.41, 5.74) is 0.845. The van der Waals surface area contributed by atoms with E-state index in [1.807, 2.05) is 12.1 Å². The molecule has 1 aromatic carbocycles. The first-order chi connectivity index (χ1) is 7.18. The van der Waals surface area contributed by atoms with Gasteiger partial charge in [-0.3, -0.25) is 4.79 Å². The summed E-state index contributed by atoms with van der Waals surface area (Å²) in [6.45, 7) is 0. The molecule has 1 aliphatic rings. The molecule has 1 aliphatic carbocycles. The average molecular weight is 201 g/mol. The first-order valence-electron chi connectivity index (χ1n) is 4.89. The fraction of sp³-hybridized carbons (Fsp3) is 0.333. The lowest BCUT2D eigenvalue weighted by molar-refractivity contribution is -0.143. The minimum Gasteiger partial charge on any atom is -0.481 e. The van der Waals surface area contributed by atoms with Crippen LogP contribution in [0.25, 0.3) is 0 Å². The second-order valence-electron chi connectivity index (χ2n) is 4.03. The van der Waals surface area contributed by atoms with Gasteiger partial charge < -0.3 is 5.11 Å². The second-order valence-corrected chi connectivity index (χ2v) is 4.03. The third kappa shape index (κ3) is 1.71.